The number of hydrogen-bond acceptors (Lipinski definition) is 6. The van der Waals surface area contributed by atoms with Crippen molar-refractivity contribution in [2.45, 2.75) is 57.8 Å². The predicted molar refractivity (Wildman–Crippen MR) is 285 cm³/mol. The number of hydrogen-bond donors (Lipinski definition) is 0. The van der Waals surface area contributed by atoms with Crippen molar-refractivity contribution in [1.82, 2.24) is 0 Å². The maximum Gasteiger partial charge on any atom is 0.134 e. The second kappa shape index (κ2) is 22.6. The number of ether oxygens (including phenoxy) is 6. The van der Waals surface area contributed by atoms with E-state index in [1.807, 2.05) is 18.2 Å². The van der Waals surface area contributed by atoms with E-state index in [2.05, 4.69) is 164 Å². The van der Waals surface area contributed by atoms with Crippen molar-refractivity contribution in [1.29, 1.82) is 0 Å². The lowest BCUT2D eigenvalue weighted by molar-refractivity contribution is 0.264. The molecule has 0 heterocycles. The van der Waals surface area contributed by atoms with Crippen LogP contribution in [0.25, 0.3) is 64.6 Å². The minimum atomic E-state index is 0.595. The lowest BCUT2D eigenvalue weighted by Crippen LogP contribution is -2.04. The molecule has 0 radical (unpaired) electrons. The highest BCUT2D eigenvalue weighted by Crippen LogP contribution is 2.38. The van der Waals surface area contributed by atoms with Gasteiger partial charge in [-0.25, -0.2) is 0 Å². The fourth-order valence-corrected chi connectivity index (χ4v) is 9.41. The van der Waals surface area contributed by atoms with Gasteiger partial charge >= 0.3 is 0 Å². The first-order chi connectivity index (χ1) is 34.2. The quantitative estimate of drug-likeness (QED) is 0.0445. The average molecular weight is 913 g/mol. The van der Waals surface area contributed by atoms with Gasteiger partial charge in [-0.15, -0.1) is 0 Å². The Bertz CT molecular complexity index is 2780. The second-order valence-electron chi connectivity index (χ2n) is 17.9. The molecule has 6 heteroatoms. The van der Waals surface area contributed by atoms with E-state index in [1.165, 1.54) is 32.3 Å². The molecule has 6 nitrogen and oxygen atoms in total. The van der Waals surface area contributed by atoms with Crippen molar-refractivity contribution < 1.29 is 28.4 Å². The van der Waals surface area contributed by atoms with Crippen molar-refractivity contribution in [3.8, 4) is 34.5 Å². The highest BCUT2D eigenvalue weighted by atomic mass is 16.5. The molecule has 0 unspecified atom stereocenters. The standard InChI is InChI=1S/C63H60O6/c1(19-37-67-61-55-28-10-4-22-46(55)40-47-23-5-11-29-56(47)61)16-34-64-52-43-53(65-35-17-2-20-38-68-62-57-30-12-6-24-48(57)41-49-25-7-13-31-58(49)62)45-54(44-52)66-36-18-3-21-39-69-63-59-32-14-8-26-50(59)42-51-27-9-15-33-60(51)63/h4-15,22-33,40-45H,1-3,16-21,34-39H2. The second-order valence-corrected chi connectivity index (χ2v) is 17.9. The van der Waals surface area contributed by atoms with E-state index in [1.54, 1.807) is 0 Å². The molecule has 10 aromatic carbocycles. The van der Waals surface area contributed by atoms with Gasteiger partial charge in [-0.05, 0) is 108 Å². The third kappa shape index (κ3) is 11.1. The van der Waals surface area contributed by atoms with Gasteiger partial charge in [0, 0.05) is 50.5 Å². The Labute approximate surface area is 405 Å². The molecule has 0 bridgehead atoms. The molecular weight excluding hydrogens is 853 g/mol. The number of benzene rings is 10. The molecule has 0 fully saturated rings. The first-order valence-electron chi connectivity index (χ1n) is 24.9. The maximum atomic E-state index is 6.48. The topological polar surface area (TPSA) is 55.4 Å². The zero-order valence-electron chi connectivity index (χ0n) is 39.4. The fraction of sp³-hybridized carbons (Fsp3) is 0.238. The molecule has 10 rings (SSSR count). The summed E-state index contributed by atoms with van der Waals surface area (Å²) in [5.74, 6) is 5.17. The third-order valence-electron chi connectivity index (χ3n) is 12.9. The summed E-state index contributed by atoms with van der Waals surface area (Å²) in [6, 6.07) is 63.5. The van der Waals surface area contributed by atoms with Crippen LogP contribution in [0.3, 0.4) is 0 Å². The molecule has 0 spiro atoms. The van der Waals surface area contributed by atoms with Gasteiger partial charge < -0.3 is 28.4 Å². The summed E-state index contributed by atoms with van der Waals surface area (Å²) >= 11 is 0. The molecule has 0 aliphatic heterocycles. The van der Waals surface area contributed by atoms with Crippen LogP contribution in [0, 0.1) is 0 Å². The van der Waals surface area contributed by atoms with E-state index < -0.39 is 0 Å². The molecule has 0 N–H and O–H groups in total. The van der Waals surface area contributed by atoms with Crippen LogP contribution < -0.4 is 28.4 Å². The van der Waals surface area contributed by atoms with E-state index in [4.69, 9.17) is 28.4 Å². The largest absolute Gasteiger partial charge is 0.493 e. The smallest absolute Gasteiger partial charge is 0.134 e. The van der Waals surface area contributed by atoms with Crippen LogP contribution in [0.15, 0.2) is 182 Å². The maximum absolute atomic E-state index is 6.48. The molecule has 0 amide bonds. The Balaban J connectivity index is 0.709. The number of fused-ring (bicyclic) bond motifs is 6. The van der Waals surface area contributed by atoms with Crippen LogP contribution in [0.5, 0.6) is 34.5 Å². The summed E-state index contributed by atoms with van der Waals surface area (Å²) in [6.45, 7) is 3.74. The van der Waals surface area contributed by atoms with Crippen LogP contribution in [-0.2, 0) is 0 Å². The SMILES string of the molecule is c1ccc2c(OCCCCCOc3cc(OCCCCCOc4c5ccccc5cc5ccccc45)cc(OCCCCCOc4c5ccccc5cc5ccccc45)c3)c3ccccc3cc2c1. The van der Waals surface area contributed by atoms with Gasteiger partial charge in [0.1, 0.15) is 34.5 Å². The van der Waals surface area contributed by atoms with Gasteiger partial charge in [-0.3, -0.25) is 0 Å². The van der Waals surface area contributed by atoms with Gasteiger partial charge in [0.2, 0.25) is 0 Å². The Morgan fingerprint density at radius 1 is 0.203 bits per heavy atom. The van der Waals surface area contributed by atoms with Gasteiger partial charge in [-0.1, -0.05) is 146 Å². The van der Waals surface area contributed by atoms with E-state index in [9.17, 15) is 0 Å². The van der Waals surface area contributed by atoms with E-state index in [0.717, 1.165) is 125 Å². The number of rotatable bonds is 24. The predicted octanol–water partition coefficient (Wildman–Crippen LogP) is 16.5. The van der Waals surface area contributed by atoms with Crippen LogP contribution in [0.2, 0.25) is 0 Å². The first kappa shape index (κ1) is 45.3. The molecule has 0 aliphatic rings. The highest BCUT2D eigenvalue weighted by Gasteiger charge is 2.12. The molecule has 0 aromatic heterocycles. The van der Waals surface area contributed by atoms with Gasteiger partial charge in [0.15, 0.2) is 0 Å². The normalized spacial score (nSPS) is 11.5. The molecular formula is C63H60O6. The molecule has 348 valence electrons. The van der Waals surface area contributed by atoms with E-state index in [-0.39, 0.29) is 0 Å². The zero-order chi connectivity index (χ0) is 46.5. The minimum Gasteiger partial charge on any atom is -0.493 e. The van der Waals surface area contributed by atoms with Gasteiger partial charge in [0.25, 0.3) is 0 Å². The Hall–Kier alpha value is -7.44. The van der Waals surface area contributed by atoms with Crippen LogP contribution >= 0.6 is 0 Å². The Morgan fingerprint density at radius 2 is 0.406 bits per heavy atom. The molecule has 0 aliphatic carbocycles. The van der Waals surface area contributed by atoms with E-state index in [0.29, 0.717) is 39.6 Å². The molecule has 0 atom stereocenters. The summed E-state index contributed by atoms with van der Waals surface area (Å²) < 4.78 is 38.5. The molecule has 0 saturated carbocycles. The van der Waals surface area contributed by atoms with Crippen molar-refractivity contribution in [2.24, 2.45) is 0 Å². The van der Waals surface area contributed by atoms with Crippen molar-refractivity contribution in [3.05, 3.63) is 182 Å². The van der Waals surface area contributed by atoms with Gasteiger partial charge in [0.05, 0.1) is 39.6 Å². The van der Waals surface area contributed by atoms with E-state index >= 15 is 0 Å². The van der Waals surface area contributed by atoms with Crippen molar-refractivity contribution in [2.75, 3.05) is 39.6 Å². The Morgan fingerprint density at radius 3 is 0.638 bits per heavy atom. The van der Waals surface area contributed by atoms with Crippen molar-refractivity contribution in [3.63, 3.8) is 0 Å². The summed E-state index contributed by atoms with van der Waals surface area (Å²) in [5, 5.41) is 14.1. The molecule has 10 aromatic rings. The zero-order valence-corrected chi connectivity index (χ0v) is 39.4. The third-order valence-corrected chi connectivity index (χ3v) is 12.9. The molecule has 69 heavy (non-hydrogen) atoms. The van der Waals surface area contributed by atoms with Crippen LogP contribution in [-0.4, -0.2) is 39.6 Å². The summed E-state index contributed by atoms with van der Waals surface area (Å²) in [7, 11) is 0. The molecule has 0 saturated heterocycles. The monoisotopic (exact) mass is 912 g/mol. The number of unbranched alkanes of at least 4 members (excludes halogenated alkanes) is 6. The summed E-state index contributed by atoms with van der Waals surface area (Å²) in [5.41, 5.74) is 0. The Kier molecular flexibility index (Phi) is 14.8. The summed E-state index contributed by atoms with van der Waals surface area (Å²) in [4.78, 5) is 0. The van der Waals surface area contributed by atoms with Crippen LogP contribution in [0.4, 0.5) is 0 Å². The summed E-state index contributed by atoms with van der Waals surface area (Å²) in [6.07, 6.45) is 8.51. The van der Waals surface area contributed by atoms with Crippen molar-refractivity contribution >= 4 is 64.6 Å². The lowest BCUT2D eigenvalue weighted by Gasteiger charge is -2.15. The average Bonchev–Trinajstić information content (AvgIpc) is 3.39. The lowest BCUT2D eigenvalue weighted by atomic mass is 10.0. The van der Waals surface area contributed by atoms with Gasteiger partial charge in [-0.2, -0.15) is 0 Å². The highest BCUT2D eigenvalue weighted by molar-refractivity contribution is 6.07. The fourth-order valence-electron chi connectivity index (χ4n) is 9.41. The first-order valence-corrected chi connectivity index (χ1v) is 24.9. The van der Waals surface area contributed by atoms with Crippen LogP contribution in [0.1, 0.15) is 57.8 Å². The minimum absolute atomic E-state index is 0.595.